The number of alkyl halides is 3. The molecule has 0 amide bonds. The summed E-state index contributed by atoms with van der Waals surface area (Å²) in [5.74, 6) is -0.492. The first-order valence-electron chi connectivity index (χ1n) is 6.00. The summed E-state index contributed by atoms with van der Waals surface area (Å²) in [7, 11) is 0. The van der Waals surface area contributed by atoms with Crippen LogP contribution in [-0.4, -0.2) is 5.12 Å². The van der Waals surface area contributed by atoms with Gasteiger partial charge in [-0.1, -0.05) is 36.4 Å². The van der Waals surface area contributed by atoms with Gasteiger partial charge in [0, 0.05) is 0 Å². The number of benzene rings is 2. The molecule has 0 unspecified atom stereocenters. The summed E-state index contributed by atoms with van der Waals surface area (Å²) in [6.07, 6.45) is -4.61. The number of hydrogen-bond acceptors (Lipinski definition) is 2. The van der Waals surface area contributed by atoms with Gasteiger partial charge in [-0.2, -0.15) is 13.2 Å². The normalized spacial score (nSPS) is 11.2. The van der Waals surface area contributed by atoms with Gasteiger partial charge in [-0.05, 0) is 17.7 Å². The van der Waals surface area contributed by atoms with Crippen molar-refractivity contribution in [1.82, 2.24) is 0 Å². The van der Waals surface area contributed by atoms with E-state index in [1.54, 1.807) is 30.3 Å². The average molecular weight is 312 g/mol. The predicted molar refractivity (Wildman–Crippen MR) is 75.5 cm³/mol. The molecule has 0 heterocycles. The van der Waals surface area contributed by atoms with Gasteiger partial charge in [0.05, 0.1) is 11.1 Å². The molecule has 0 aliphatic carbocycles. The van der Waals surface area contributed by atoms with E-state index in [-0.39, 0.29) is 12.2 Å². The maximum atomic E-state index is 13.0. The quantitative estimate of drug-likeness (QED) is 0.849. The van der Waals surface area contributed by atoms with E-state index in [9.17, 15) is 18.0 Å². The molecule has 0 spiro atoms. The molecule has 0 aromatic heterocycles. The summed E-state index contributed by atoms with van der Waals surface area (Å²) in [5.41, 5.74) is -0.491. The zero-order valence-electron chi connectivity index (χ0n) is 10.7. The zero-order chi connectivity index (χ0) is 15.5. The summed E-state index contributed by atoms with van der Waals surface area (Å²) >= 11 is 3.59. The van der Waals surface area contributed by atoms with Crippen molar-refractivity contribution >= 4 is 17.7 Å². The minimum atomic E-state index is -4.61. The number of para-hydroxylation sites is 1. The molecule has 0 radical (unpaired) electrons. The lowest BCUT2D eigenvalue weighted by Gasteiger charge is -2.16. The fourth-order valence-corrected chi connectivity index (χ4v) is 1.99. The molecule has 2 aromatic rings. The first-order valence-corrected chi connectivity index (χ1v) is 6.44. The van der Waals surface area contributed by atoms with E-state index in [1.807, 2.05) is 0 Å². The number of carbonyl (C=O) groups is 1. The molecule has 0 aliphatic heterocycles. The van der Waals surface area contributed by atoms with Crippen molar-refractivity contribution in [3.8, 4) is 5.75 Å². The summed E-state index contributed by atoms with van der Waals surface area (Å²) in [4.78, 5) is 11.4. The molecular weight excluding hydrogens is 301 g/mol. The summed E-state index contributed by atoms with van der Waals surface area (Å²) in [6.45, 7) is -0.0675. The molecule has 0 atom stereocenters. The monoisotopic (exact) mass is 312 g/mol. The van der Waals surface area contributed by atoms with Gasteiger partial charge < -0.3 is 4.74 Å². The van der Waals surface area contributed by atoms with Gasteiger partial charge in [-0.15, -0.1) is 12.6 Å². The van der Waals surface area contributed by atoms with Gasteiger partial charge >= 0.3 is 6.18 Å². The van der Waals surface area contributed by atoms with E-state index in [1.165, 1.54) is 6.07 Å². The lowest BCUT2D eigenvalue weighted by Crippen LogP contribution is -2.11. The Morgan fingerprint density at radius 1 is 1.05 bits per heavy atom. The topological polar surface area (TPSA) is 26.3 Å². The molecule has 6 heteroatoms. The molecule has 2 rings (SSSR count). The van der Waals surface area contributed by atoms with Gasteiger partial charge in [-0.3, -0.25) is 4.79 Å². The number of halogens is 3. The fraction of sp³-hybridized carbons (Fsp3) is 0.133. The highest BCUT2D eigenvalue weighted by Crippen LogP contribution is 2.39. The predicted octanol–water partition coefficient (Wildman–Crippen LogP) is 4.35. The number of carbonyl (C=O) groups excluding carboxylic acids is 1. The third-order valence-electron chi connectivity index (χ3n) is 2.78. The zero-order valence-corrected chi connectivity index (χ0v) is 11.6. The van der Waals surface area contributed by atoms with E-state index in [2.05, 4.69) is 12.6 Å². The summed E-state index contributed by atoms with van der Waals surface area (Å²) in [6, 6.07) is 12.0. The van der Waals surface area contributed by atoms with Crippen LogP contribution >= 0.6 is 12.6 Å². The second kappa shape index (κ2) is 6.22. The third-order valence-corrected chi connectivity index (χ3v) is 3.02. The lowest BCUT2D eigenvalue weighted by atomic mass is 10.1. The van der Waals surface area contributed by atoms with Crippen LogP contribution < -0.4 is 4.74 Å². The number of hydrogen-bond donors (Lipinski definition) is 1. The molecule has 0 N–H and O–H groups in total. The van der Waals surface area contributed by atoms with Crippen molar-refractivity contribution in [3.63, 3.8) is 0 Å². The second-order valence-corrected chi connectivity index (χ2v) is 4.67. The van der Waals surface area contributed by atoms with E-state index in [4.69, 9.17) is 4.74 Å². The first-order chi connectivity index (χ1) is 9.89. The van der Waals surface area contributed by atoms with Gasteiger partial charge in [0.25, 0.3) is 0 Å². The Kier molecular flexibility index (Phi) is 4.57. The molecule has 0 fully saturated rings. The van der Waals surface area contributed by atoms with Crippen LogP contribution in [0, 0.1) is 0 Å². The first kappa shape index (κ1) is 15.4. The maximum Gasteiger partial charge on any atom is 0.419 e. The molecule has 0 saturated carbocycles. The van der Waals surface area contributed by atoms with Crippen molar-refractivity contribution in [2.45, 2.75) is 12.8 Å². The molecule has 2 aromatic carbocycles. The second-order valence-electron chi connectivity index (χ2n) is 4.26. The highest BCUT2D eigenvalue weighted by molar-refractivity contribution is 7.97. The summed E-state index contributed by atoms with van der Waals surface area (Å²) in [5, 5.41) is -0.774. The molecule has 21 heavy (non-hydrogen) atoms. The smallest absolute Gasteiger partial charge is 0.419 e. The van der Waals surface area contributed by atoms with E-state index in [0.29, 0.717) is 5.56 Å². The third kappa shape index (κ3) is 3.78. The molecular formula is C15H11F3O2S. The van der Waals surface area contributed by atoms with Gasteiger partial charge in [0.1, 0.15) is 12.4 Å². The Bertz CT molecular complexity index is 639. The Balaban J connectivity index is 2.37. The standard InChI is InChI=1S/C15H11F3O2S/c16-15(17,18)12-8-4-7-11(14(19)21)13(12)20-9-10-5-2-1-3-6-10/h1-8H,9H2,(H,19,21). The minimum absolute atomic E-state index is 0.0675. The minimum Gasteiger partial charge on any atom is -0.487 e. The fourth-order valence-electron chi connectivity index (χ4n) is 1.81. The lowest BCUT2D eigenvalue weighted by molar-refractivity contribution is -0.139. The number of rotatable bonds is 4. The average Bonchev–Trinajstić information content (AvgIpc) is 2.44. The van der Waals surface area contributed by atoms with E-state index < -0.39 is 22.6 Å². The SMILES string of the molecule is O=C(S)c1cccc(C(F)(F)F)c1OCc1ccccc1. The molecule has 2 nitrogen and oxygen atoms in total. The molecule has 0 saturated heterocycles. The van der Waals surface area contributed by atoms with Crippen LogP contribution in [0.2, 0.25) is 0 Å². The van der Waals surface area contributed by atoms with Gasteiger partial charge in [0.2, 0.25) is 5.12 Å². The van der Waals surface area contributed by atoms with E-state index >= 15 is 0 Å². The number of ether oxygens (including phenoxy) is 1. The van der Waals surface area contributed by atoms with Crippen LogP contribution in [-0.2, 0) is 12.8 Å². The molecule has 110 valence electrons. The Morgan fingerprint density at radius 2 is 1.71 bits per heavy atom. The Morgan fingerprint density at radius 3 is 2.29 bits per heavy atom. The van der Waals surface area contributed by atoms with E-state index in [0.717, 1.165) is 12.1 Å². The van der Waals surface area contributed by atoms with Crippen LogP contribution in [0.15, 0.2) is 48.5 Å². The van der Waals surface area contributed by atoms with Crippen molar-refractivity contribution < 1.29 is 22.7 Å². The Labute approximate surface area is 125 Å². The van der Waals surface area contributed by atoms with Crippen LogP contribution in [0.25, 0.3) is 0 Å². The van der Waals surface area contributed by atoms with Crippen LogP contribution in [0.5, 0.6) is 5.75 Å². The van der Waals surface area contributed by atoms with Gasteiger partial charge in [-0.25, -0.2) is 0 Å². The van der Waals surface area contributed by atoms with Crippen molar-refractivity contribution in [1.29, 1.82) is 0 Å². The van der Waals surface area contributed by atoms with Crippen LogP contribution in [0.4, 0.5) is 13.2 Å². The highest BCUT2D eigenvalue weighted by Gasteiger charge is 2.36. The van der Waals surface area contributed by atoms with Gasteiger partial charge in [0.15, 0.2) is 0 Å². The molecule has 0 bridgehead atoms. The van der Waals surface area contributed by atoms with Crippen molar-refractivity contribution in [3.05, 3.63) is 65.2 Å². The molecule has 0 aliphatic rings. The van der Waals surface area contributed by atoms with Crippen molar-refractivity contribution in [2.24, 2.45) is 0 Å². The largest absolute Gasteiger partial charge is 0.487 e. The van der Waals surface area contributed by atoms with Crippen LogP contribution in [0.3, 0.4) is 0 Å². The summed E-state index contributed by atoms with van der Waals surface area (Å²) < 4.78 is 44.3. The van der Waals surface area contributed by atoms with Crippen LogP contribution in [0.1, 0.15) is 21.5 Å². The van der Waals surface area contributed by atoms with Crippen molar-refractivity contribution in [2.75, 3.05) is 0 Å². The highest BCUT2D eigenvalue weighted by atomic mass is 32.1. The Hall–Kier alpha value is -1.95. The maximum absolute atomic E-state index is 13.0. The number of thiol groups is 1.